The van der Waals surface area contributed by atoms with Gasteiger partial charge in [-0.3, -0.25) is 5.41 Å². The zero-order valence-corrected chi connectivity index (χ0v) is 8.14. The highest BCUT2D eigenvalue weighted by Crippen LogP contribution is 2.09. The summed E-state index contributed by atoms with van der Waals surface area (Å²) in [5, 5.41) is 7.70. The van der Waals surface area contributed by atoms with E-state index in [0.29, 0.717) is 0 Å². The summed E-state index contributed by atoms with van der Waals surface area (Å²) in [5.74, 6) is 0.836. The summed E-state index contributed by atoms with van der Waals surface area (Å²) in [6, 6.07) is 0. The lowest BCUT2D eigenvalue weighted by Gasteiger charge is -2.30. The maximum Gasteiger partial charge on any atom is 0.0958 e. The predicted octanol–water partition coefficient (Wildman–Crippen LogP) is 1.01. The van der Waals surface area contributed by atoms with Gasteiger partial charge in [0, 0.05) is 26.1 Å². The fourth-order valence-electron chi connectivity index (χ4n) is 1.46. The number of likely N-dealkylation sites (N-methyl/N-ethyl adjacent to an activating group) is 1. The molecule has 0 unspecified atom stereocenters. The highest BCUT2D eigenvalue weighted by Gasteiger charge is 2.13. The Balaban J connectivity index is 2.25. The van der Waals surface area contributed by atoms with Gasteiger partial charge in [0.25, 0.3) is 0 Å². The Bertz CT molecular complexity index is 154. The first kappa shape index (κ1) is 9.52. The van der Waals surface area contributed by atoms with Crippen LogP contribution in [0.5, 0.6) is 0 Å². The average molecular weight is 169 g/mol. The van der Waals surface area contributed by atoms with Gasteiger partial charge < -0.3 is 9.80 Å². The van der Waals surface area contributed by atoms with Gasteiger partial charge in [-0.05, 0) is 26.9 Å². The fraction of sp³-hybridized carbons (Fsp3) is 0.889. The number of rotatable bonds is 3. The molecule has 0 saturated carbocycles. The molecule has 1 heterocycles. The van der Waals surface area contributed by atoms with E-state index in [9.17, 15) is 0 Å². The van der Waals surface area contributed by atoms with Gasteiger partial charge in [-0.25, -0.2) is 0 Å². The average Bonchev–Trinajstić information content (AvgIpc) is 2.03. The van der Waals surface area contributed by atoms with E-state index >= 15 is 0 Å². The minimum atomic E-state index is 0.836. The van der Waals surface area contributed by atoms with E-state index in [1.807, 2.05) is 0 Å². The summed E-state index contributed by atoms with van der Waals surface area (Å²) in [6.45, 7) is 3.17. The number of likely N-dealkylation sites (tertiary alicyclic amines) is 1. The summed E-state index contributed by atoms with van der Waals surface area (Å²) in [6.07, 6.45) is 3.44. The molecule has 0 aromatic rings. The van der Waals surface area contributed by atoms with E-state index in [0.717, 1.165) is 31.9 Å². The first-order valence-corrected chi connectivity index (χ1v) is 4.67. The second-order valence-corrected chi connectivity index (χ2v) is 3.69. The lowest BCUT2D eigenvalue weighted by molar-refractivity contribution is 0.307. The monoisotopic (exact) mass is 169 g/mol. The lowest BCUT2D eigenvalue weighted by Crippen LogP contribution is -2.39. The summed E-state index contributed by atoms with van der Waals surface area (Å²) >= 11 is 0. The van der Waals surface area contributed by atoms with Gasteiger partial charge in [-0.2, -0.15) is 0 Å². The Morgan fingerprint density at radius 3 is 2.75 bits per heavy atom. The summed E-state index contributed by atoms with van der Waals surface area (Å²) in [7, 11) is 4.15. The predicted molar refractivity (Wildman–Crippen MR) is 51.7 cm³/mol. The van der Waals surface area contributed by atoms with Gasteiger partial charge in [0.05, 0.1) is 5.84 Å². The molecule has 1 fully saturated rings. The van der Waals surface area contributed by atoms with E-state index in [4.69, 9.17) is 5.41 Å². The molecular weight excluding hydrogens is 150 g/mol. The highest BCUT2D eigenvalue weighted by atomic mass is 15.2. The third-order valence-corrected chi connectivity index (χ3v) is 2.29. The minimum absolute atomic E-state index is 0.836. The van der Waals surface area contributed by atoms with Crippen LogP contribution in [0.3, 0.4) is 0 Å². The van der Waals surface area contributed by atoms with Crippen molar-refractivity contribution in [3.8, 4) is 0 Å². The zero-order chi connectivity index (χ0) is 8.97. The van der Waals surface area contributed by atoms with Crippen molar-refractivity contribution in [1.82, 2.24) is 9.80 Å². The van der Waals surface area contributed by atoms with Crippen LogP contribution in [0.15, 0.2) is 0 Å². The second-order valence-electron chi connectivity index (χ2n) is 3.69. The maximum atomic E-state index is 7.70. The van der Waals surface area contributed by atoms with Crippen molar-refractivity contribution in [2.75, 3.05) is 33.7 Å². The van der Waals surface area contributed by atoms with Crippen LogP contribution < -0.4 is 0 Å². The van der Waals surface area contributed by atoms with Crippen LogP contribution in [0.4, 0.5) is 0 Å². The number of hydrogen-bond acceptors (Lipinski definition) is 2. The number of piperidine rings is 1. The smallest absolute Gasteiger partial charge is 0.0958 e. The Morgan fingerprint density at radius 1 is 1.42 bits per heavy atom. The van der Waals surface area contributed by atoms with Crippen molar-refractivity contribution < 1.29 is 0 Å². The molecule has 0 aliphatic carbocycles. The molecule has 3 nitrogen and oxygen atoms in total. The Labute approximate surface area is 74.9 Å². The van der Waals surface area contributed by atoms with Gasteiger partial charge in [-0.15, -0.1) is 0 Å². The lowest BCUT2D eigenvalue weighted by atomic mass is 10.1. The van der Waals surface area contributed by atoms with Crippen LogP contribution in [-0.2, 0) is 0 Å². The van der Waals surface area contributed by atoms with Crippen LogP contribution in [0.1, 0.15) is 19.3 Å². The first-order chi connectivity index (χ1) is 5.70. The number of nitrogens with one attached hydrogen (secondary N) is 1. The van der Waals surface area contributed by atoms with Gasteiger partial charge in [0.15, 0.2) is 0 Å². The molecule has 12 heavy (non-hydrogen) atoms. The molecule has 0 bridgehead atoms. The van der Waals surface area contributed by atoms with Crippen LogP contribution >= 0.6 is 0 Å². The molecule has 0 radical (unpaired) electrons. The Morgan fingerprint density at radius 2 is 2.17 bits per heavy atom. The molecule has 1 aliphatic heterocycles. The molecule has 1 aliphatic rings. The fourth-order valence-corrected chi connectivity index (χ4v) is 1.46. The van der Waals surface area contributed by atoms with E-state index in [1.54, 1.807) is 0 Å². The van der Waals surface area contributed by atoms with Crippen LogP contribution in [0.25, 0.3) is 0 Å². The first-order valence-electron chi connectivity index (χ1n) is 4.67. The summed E-state index contributed by atoms with van der Waals surface area (Å²) in [5.41, 5.74) is 0. The van der Waals surface area contributed by atoms with Crippen molar-refractivity contribution in [1.29, 1.82) is 5.41 Å². The minimum Gasteiger partial charge on any atom is -0.359 e. The zero-order valence-electron chi connectivity index (χ0n) is 8.14. The van der Waals surface area contributed by atoms with Crippen LogP contribution in [0, 0.1) is 5.41 Å². The SMILES string of the molecule is CN(C)CCN1CCCCC1=N. The second kappa shape index (κ2) is 4.45. The normalized spacial score (nSPS) is 18.9. The number of amidine groups is 1. The molecule has 0 atom stereocenters. The molecule has 1 saturated heterocycles. The number of nitrogens with zero attached hydrogens (tertiary/aromatic N) is 2. The molecular formula is C9H19N3. The summed E-state index contributed by atoms with van der Waals surface area (Å²) in [4.78, 5) is 4.37. The van der Waals surface area contributed by atoms with E-state index in [2.05, 4.69) is 23.9 Å². The Hall–Kier alpha value is -0.570. The van der Waals surface area contributed by atoms with Crippen molar-refractivity contribution in [3.05, 3.63) is 0 Å². The van der Waals surface area contributed by atoms with E-state index in [-0.39, 0.29) is 0 Å². The van der Waals surface area contributed by atoms with E-state index in [1.165, 1.54) is 12.8 Å². The highest BCUT2D eigenvalue weighted by molar-refractivity contribution is 5.79. The van der Waals surface area contributed by atoms with Gasteiger partial charge in [0.2, 0.25) is 0 Å². The number of hydrogen-bond donors (Lipinski definition) is 1. The van der Waals surface area contributed by atoms with Crippen molar-refractivity contribution >= 4 is 5.84 Å². The molecule has 0 aromatic carbocycles. The molecule has 1 rings (SSSR count). The van der Waals surface area contributed by atoms with Gasteiger partial charge in [-0.1, -0.05) is 0 Å². The third kappa shape index (κ3) is 2.81. The van der Waals surface area contributed by atoms with E-state index < -0.39 is 0 Å². The molecule has 0 aromatic heterocycles. The standard InChI is InChI=1S/C9H19N3/c1-11(2)7-8-12-6-4-3-5-9(12)10/h10H,3-8H2,1-2H3. The largest absolute Gasteiger partial charge is 0.359 e. The molecule has 1 N–H and O–H groups in total. The van der Waals surface area contributed by atoms with Crippen molar-refractivity contribution in [2.45, 2.75) is 19.3 Å². The van der Waals surface area contributed by atoms with Gasteiger partial charge >= 0.3 is 0 Å². The van der Waals surface area contributed by atoms with Crippen molar-refractivity contribution in [2.24, 2.45) is 0 Å². The third-order valence-electron chi connectivity index (χ3n) is 2.29. The van der Waals surface area contributed by atoms with Crippen LogP contribution in [-0.4, -0.2) is 49.4 Å². The van der Waals surface area contributed by atoms with Crippen LogP contribution in [0.2, 0.25) is 0 Å². The quantitative estimate of drug-likeness (QED) is 0.683. The Kier molecular flexibility index (Phi) is 3.53. The topological polar surface area (TPSA) is 30.3 Å². The summed E-state index contributed by atoms with van der Waals surface area (Å²) < 4.78 is 0. The molecule has 70 valence electrons. The molecule has 0 spiro atoms. The van der Waals surface area contributed by atoms with Gasteiger partial charge in [0.1, 0.15) is 0 Å². The molecule has 0 amide bonds. The molecule has 3 heteroatoms. The maximum absolute atomic E-state index is 7.70. The van der Waals surface area contributed by atoms with Crippen molar-refractivity contribution in [3.63, 3.8) is 0 Å².